The predicted octanol–water partition coefficient (Wildman–Crippen LogP) is 3.25. The average Bonchev–Trinajstić information content (AvgIpc) is 2.51. The molecule has 0 aromatic heterocycles. The van der Waals surface area contributed by atoms with Gasteiger partial charge in [0, 0.05) is 0 Å². The molecule has 2 aromatic carbocycles. The van der Waals surface area contributed by atoms with E-state index in [2.05, 4.69) is 0 Å². The fourth-order valence-electron chi connectivity index (χ4n) is 2.32. The number of ether oxygens (including phenoxy) is 2. The lowest BCUT2D eigenvalue weighted by atomic mass is 9.92. The second kappa shape index (κ2) is 6.93. The van der Waals surface area contributed by atoms with Crippen molar-refractivity contribution >= 4 is 5.97 Å². The molecule has 0 bridgehead atoms. The molecule has 116 valence electrons. The Hall–Kier alpha value is -2.56. The lowest BCUT2D eigenvalue weighted by Crippen LogP contribution is -2.14. The topological polar surface area (TPSA) is 55.8 Å². The fraction of sp³-hybridized carbons (Fsp3) is 0.235. The van der Waals surface area contributed by atoms with Crippen molar-refractivity contribution in [2.45, 2.75) is 12.3 Å². The third-order valence-electron chi connectivity index (χ3n) is 3.44. The van der Waals surface area contributed by atoms with Crippen molar-refractivity contribution in [2.75, 3.05) is 14.2 Å². The monoisotopic (exact) mass is 304 g/mol. The summed E-state index contributed by atoms with van der Waals surface area (Å²) in [5, 5.41) is 9.48. The molecule has 0 aliphatic heterocycles. The third kappa shape index (κ3) is 3.55. The Kier molecular flexibility index (Phi) is 4.99. The van der Waals surface area contributed by atoms with Crippen molar-refractivity contribution in [2.24, 2.45) is 0 Å². The minimum Gasteiger partial charge on any atom is -0.493 e. The molecule has 1 unspecified atom stereocenters. The molecule has 4 nitrogen and oxygen atoms in total. The molecule has 0 spiro atoms. The first-order valence-electron chi connectivity index (χ1n) is 6.74. The number of hydrogen-bond donors (Lipinski definition) is 1. The van der Waals surface area contributed by atoms with E-state index >= 15 is 0 Å². The van der Waals surface area contributed by atoms with Gasteiger partial charge in [-0.05, 0) is 41.8 Å². The average molecular weight is 304 g/mol. The van der Waals surface area contributed by atoms with Crippen molar-refractivity contribution in [3.63, 3.8) is 0 Å². The van der Waals surface area contributed by atoms with Gasteiger partial charge in [-0.15, -0.1) is 0 Å². The van der Waals surface area contributed by atoms with Crippen LogP contribution in [0.15, 0.2) is 42.5 Å². The summed E-state index contributed by atoms with van der Waals surface area (Å²) in [6.07, 6.45) is 0.197. The van der Waals surface area contributed by atoms with E-state index in [-0.39, 0.29) is 12.2 Å². The molecule has 0 fully saturated rings. The number of benzene rings is 2. The number of carboxylic acid groups (broad SMARTS) is 1. The van der Waals surface area contributed by atoms with Crippen molar-refractivity contribution in [3.05, 3.63) is 59.4 Å². The fourth-order valence-corrected chi connectivity index (χ4v) is 2.32. The summed E-state index contributed by atoms with van der Waals surface area (Å²) >= 11 is 0. The number of aliphatic carboxylic acids is 1. The first-order valence-corrected chi connectivity index (χ1v) is 6.74. The van der Waals surface area contributed by atoms with Gasteiger partial charge < -0.3 is 14.6 Å². The molecule has 0 saturated heterocycles. The van der Waals surface area contributed by atoms with Crippen LogP contribution >= 0.6 is 0 Å². The highest BCUT2D eigenvalue weighted by Crippen LogP contribution is 2.32. The second-order valence-corrected chi connectivity index (χ2v) is 4.84. The molecule has 1 N–H and O–H groups in total. The van der Waals surface area contributed by atoms with E-state index in [1.807, 2.05) is 0 Å². The maximum atomic E-state index is 13.3. The quantitative estimate of drug-likeness (QED) is 0.890. The molecule has 5 heteroatoms. The zero-order valence-electron chi connectivity index (χ0n) is 12.4. The van der Waals surface area contributed by atoms with Crippen LogP contribution in [0.25, 0.3) is 0 Å². The first kappa shape index (κ1) is 15.8. The Morgan fingerprint density at radius 2 is 1.86 bits per heavy atom. The summed E-state index contributed by atoms with van der Waals surface area (Å²) < 4.78 is 23.6. The highest BCUT2D eigenvalue weighted by atomic mass is 19.1. The van der Waals surface area contributed by atoms with Gasteiger partial charge in [-0.25, -0.2) is 4.39 Å². The standard InChI is InChI=1S/C17H17FO4/c1-21-15-7-6-12(10-16(15)22-2)14(17(19)20)9-11-4-3-5-13(18)8-11/h3-8,10,14H,9H2,1-2H3,(H,19,20). The molecular formula is C17H17FO4. The van der Waals surface area contributed by atoms with Crippen molar-refractivity contribution in [1.82, 2.24) is 0 Å². The van der Waals surface area contributed by atoms with E-state index in [0.717, 1.165) is 0 Å². The number of carboxylic acids is 1. The number of halogens is 1. The van der Waals surface area contributed by atoms with Crippen molar-refractivity contribution in [3.8, 4) is 11.5 Å². The van der Waals surface area contributed by atoms with Crippen LogP contribution in [-0.2, 0) is 11.2 Å². The van der Waals surface area contributed by atoms with E-state index in [9.17, 15) is 14.3 Å². The van der Waals surface area contributed by atoms with E-state index in [1.54, 1.807) is 30.3 Å². The van der Waals surface area contributed by atoms with Crippen LogP contribution in [0.4, 0.5) is 4.39 Å². The summed E-state index contributed by atoms with van der Waals surface area (Å²) in [6, 6.07) is 10.9. The van der Waals surface area contributed by atoms with Crippen LogP contribution in [0.1, 0.15) is 17.0 Å². The molecule has 0 radical (unpaired) electrons. The van der Waals surface area contributed by atoms with Crippen LogP contribution in [0.5, 0.6) is 11.5 Å². The molecule has 0 aliphatic carbocycles. The largest absolute Gasteiger partial charge is 0.493 e. The Morgan fingerprint density at radius 1 is 1.14 bits per heavy atom. The van der Waals surface area contributed by atoms with Crippen LogP contribution in [0, 0.1) is 5.82 Å². The van der Waals surface area contributed by atoms with Gasteiger partial charge in [0.15, 0.2) is 11.5 Å². The molecule has 0 aliphatic rings. The third-order valence-corrected chi connectivity index (χ3v) is 3.44. The summed E-state index contributed by atoms with van der Waals surface area (Å²) in [5.41, 5.74) is 1.21. The number of carbonyl (C=O) groups is 1. The van der Waals surface area contributed by atoms with Gasteiger partial charge in [-0.1, -0.05) is 18.2 Å². The molecule has 1 atom stereocenters. The first-order chi connectivity index (χ1) is 10.5. The van der Waals surface area contributed by atoms with Crippen LogP contribution in [0.3, 0.4) is 0 Å². The zero-order valence-corrected chi connectivity index (χ0v) is 12.4. The lowest BCUT2D eigenvalue weighted by molar-refractivity contribution is -0.138. The maximum Gasteiger partial charge on any atom is 0.311 e. The van der Waals surface area contributed by atoms with Crippen molar-refractivity contribution < 1.29 is 23.8 Å². The van der Waals surface area contributed by atoms with E-state index in [4.69, 9.17) is 9.47 Å². The van der Waals surface area contributed by atoms with Crippen LogP contribution in [0.2, 0.25) is 0 Å². The van der Waals surface area contributed by atoms with E-state index in [0.29, 0.717) is 22.6 Å². The maximum absolute atomic E-state index is 13.3. The van der Waals surface area contributed by atoms with Gasteiger partial charge in [0.2, 0.25) is 0 Å². The molecule has 0 amide bonds. The second-order valence-electron chi connectivity index (χ2n) is 4.84. The van der Waals surface area contributed by atoms with Gasteiger partial charge in [0.1, 0.15) is 5.82 Å². The predicted molar refractivity (Wildman–Crippen MR) is 80.0 cm³/mol. The number of hydrogen-bond acceptors (Lipinski definition) is 3. The summed E-state index contributed by atoms with van der Waals surface area (Å²) in [4.78, 5) is 11.6. The Balaban J connectivity index is 2.34. The van der Waals surface area contributed by atoms with Gasteiger partial charge >= 0.3 is 5.97 Å². The molecular weight excluding hydrogens is 287 g/mol. The minimum atomic E-state index is -0.975. The van der Waals surface area contributed by atoms with Crippen LogP contribution < -0.4 is 9.47 Å². The number of methoxy groups -OCH3 is 2. The summed E-state index contributed by atoms with van der Waals surface area (Å²) in [5.74, 6) is -1.15. The Bertz CT molecular complexity index is 669. The molecule has 2 aromatic rings. The zero-order chi connectivity index (χ0) is 16.1. The van der Waals surface area contributed by atoms with Gasteiger partial charge in [0.05, 0.1) is 20.1 Å². The highest BCUT2D eigenvalue weighted by Gasteiger charge is 2.22. The summed E-state index contributed by atoms with van der Waals surface area (Å²) in [7, 11) is 3.00. The van der Waals surface area contributed by atoms with Gasteiger partial charge in [-0.3, -0.25) is 4.79 Å². The SMILES string of the molecule is COc1ccc(C(Cc2cccc(F)c2)C(=O)O)cc1OC. The smallest absolute Gasteiger partial charge is 0.311 e. The van der Waals surface area contributed by atoms with E-state index in [1.165, 1.54) is 26.4 Å². The normalized spacial score (nSPS) is 11.8. The minimum absolute atomic E-state index is 0.197. The van der Waals surface area contributed by atoms with Crippen LogP contribution in [-0.4, -0.2) is 25.3 Å². The molecule has 0 saturated carbocycles. The number of rotatable bonds is 6. The van der Waals surface area contributed by atoms with Crippen molar-refractivity contribution in [1.29, 1.82) is 0 Å². The summed E-state index contributed by atoms with van der Waals surface area (Å²) in [6.45, 7) is 0. The van der Waals surface area contributed by atoms with Gasteiger partial charge in [0.25, 0.3) is 0 Å². The molecule has 0 heterocycles. The van der Waals surface area contributed by atoms with E-state index < -0.39 is 11.9 Å². The Morgan fingerprint density at radius 3 is 2.45 bits per heavy atom. The van der Waals surface area contributed by atoms with Gasteiger partial charge in [-0.2, -0.15) is 0 Å². The molecule has 2 rings (SSSR count). The Labute approximate surface area is 128 Å². The highest BCUT2D eigenvalue weighted by molar-refractivity contribution is 5.77. The lowest BCUT2D eigenvalue weighted by Gasteiger charge is -2.15. The molecule has 22 heavy (non-hydrogen) atoms.